The number of hydrogen-bond donors (Lipinski definition) is 1. The van der Waals surface area contributed by atoms with E-state index in [0.717, 1.165) is 42.8 Å². The molecule has 0 unspecified atom stereocenters. The fraction of sp³-hybridized carbons (Fsp3) is 0.562. The van der Waals surface area contributed by atoms with E-state index < -0.39 is 0 Å². The first kappa shape index (κ1) is 14.9. The molecule has 4 nitrogen and oxygen atoms in total. The van der Waals surface area contributed by atoms with Crippen molar-refractivity contribution in [3.05, 3.63) is 29.3 Å². The number of likely N-dealkylation sites (tertiary alicyclic amines) is 1. The van der Waals surface area contributed by atoms with Crippen LogP contribution < -0.4 is 10.1 Å². The number of benzene rings is 1. The van der Waals surface area contributed by atoms with Crippen LogP contribution in [0.2, 0.25) is 0 Å². The fourth-order valence-corrected chi connectivity index (χ4v) is 2.51. The van der Waals surface area contributed by atoms with Gasteiger partial charge in [0, 0.05) is 19.1 Å². The van der Waals surface area contributed by atoms with Gasteiger partial charge in [-0.3, -0.25) is 4.79 Å². The summed E-state index contributed by atoms with van der Waals surface area (Å²) in [4.78, 5) is 14.0. The van der Waals surface area contributed by atoms with Crippen LogP contribution in [0.1, 0.15) is 24.0 Å². The lowest BCUT2D eigenvalue weighted by atomic mass is 10.1. The zero-order chi connectivity index (χ0) is 14.5. The molecule has 20 heavy (non-hydrogen) atoms. The van der Waals surface area contributed by atoms with Crippen LogP contribution in [-0.4, -0.2) is 43.6 Å². The van der Waals surface area contributed by atoms with E-state index in [1.165, 1.54) is 0 Å². The molecule has 1 aliphatic heterocycles. The number of carbonyl (C=O) groups excluding carboxylic acids is 1. The van der Waals surface area contributed by atoms with Gasteiger partial charge in [0.2, 0.25) is 0 Å². The molecule has 0 spiro atoms. The van der Waals surface area contributed by atoms with Gasteiger partial charge in [0.15, 0.2) is 6.61 Å². The van der Waals surface area contributed by atoms with Gasteiger partial charge in [-0.05, 0) is 50.9 Å². The van der Waals surface area contributed by atoms with Crippen molar-refractivity contribution in [2.45, 2.75) is 32.7 Å². The number of hydrogen-bond acceptors (Lipinski definition) is 3. The van der Waals surface area contributed by atoms with Gasteiger partial charge in [-0.25, -0.2) is 0 Å². The molecule has 2 rings (SSSR count). The van der Waals surface area contributed by atoms with E-state index in [9.17, 15) is 4.79 Å². The van der Waals surface area contributed by atoms with Crippen LogP contribution in [0, 0.1) is 13.8 Å². The summed E-state index contributed by atoms with van der Waals surface area (Å²) in [6.45, 7) is 5.80. The van der Waals surface area contributed by atoms with E-state index in [4.69, 9.17) is 4.74 Å². The fourth-order valence-electron chi connectivity index (χ4n) is 2.51. The first-order chi connectivity index (χ1) is 9.60. The Bertz CT molecular complexity index is 466. The molecule has 1 aromatic carbocycles. The zero-order valence-corrected chi connectivity index (χ0v) is 12.6. The van der Waals surface area contributed by atoms with Gasteiger partial charge in [0.25, 0.3) is 5.91 Å². The van der Waals surface area contributed by atoms with Gasteiger partial charge in [-0.2, -0.15) is 0 Å². The van der Waals surface area contributed by atoms with E-state index in [1.807, 2.05) is 44.0 Å². The Balaban J connectivity index is 1.85. The molecule has 1 fully saturated rings. The number of rotatable bonds is 4. The number of aryl methyl sites for hydroxylation is 2. The Labute approximate surface area is 121 Å². The van der Waals surface area contributed by atoms with Crippen molar-refractivity contribution in [3.63, 3.8) is 0 Å². The topological polar surface area (TPSA) is 41.6 Å². The molecule has 0 radical (unpaired) electrons. The van der Waals surface area contributed by atoms with Gasteiger partial charge in [-0.1, -0.05) is 12.1 Å². The Kier molecular flexibility index (Phi) is 5.01. The summed E-state index contributed by atoms with van der Waals surface area (Å²) in [5.74, 6) is 0.893. The number of nitrogens with zero attached hydrogens (tertiary/aromatic N) is 1. The second kappa shape index (κ2) is 6.75. The highest BCUT2D eigenvalue weighted by Crippen LogP contribution is 2.19. The third-order valence-corrected chi connectivity index (χ3v) is 3.95. The van der Waals surface area contributed by atoms with Gasteiger partial charge in [0.05, 0.1) is 0 Å². The molecule has 4 heteroatoms. The predicted molar refractivity (Wildman–Crippen MR) is 80.1 cm³/mol. The van der Waals surface area contributed by atoms with Crippen molar-refractivity contribution < 1.29 is 9.53 Å². The van der Waals surface area contributed by atoms with Crippen molar-refractivity contribution >= 4 is 5.91 Å². The predicted octanol–water partition coefficient (Wildman–Crippen LogP) is 1.89. The minimum absolute atomic E-state index is 0.0838. The van der Waals surface area contributed by atoms with Crippen molar-refractivity contribution in [1.82, 2.24) is 10.2 Å². The molecule has 0 bridgehead atoms. The highest BCUT2D eigenvalue weighted by atomic mass is 16.5. The normalized spacial score (nSPS) is 16.2. The summed E-state index contributed by atoms with van der Waals surface area (Å²) in [5, 5.41) is 3.27. The number of ether oxygens (including phenoxy) is 1. The van der Waals surface area contributed by atoms with Crippen LogP contribution in [0.25, 0.3) is 0 Å². The highest BCUT2D eigenvalue weighted by Gasteiger charge is 2.21. The smallest absolute Gasteiger partial charge is 0.260 e. The maximum atomic E-state index is 12.1. The first-order valence-electron chi connectivity index (χ1n) is 7.25. The van der Waals surface area contributed by atoms with Crippen LogP contribution in [0.4, 0.5) is 0 Å². The van der Waals surface area contributed by atoms with Crippen molar-refractivity contribution in [2.75, 3.05) is 26.7 Å². The Morgan fingerprint density at radius 3 is 2.70 bits per heavy atom. The van der Waals surface area contributed by atoms with Gasteiger partial charge in [0.1, 0.15) is 5.75 Å². The molecular weight excluding hydrogens is 252 g/mol. The largest absolute Gasteiger partial charge is 0.483 e. The third-order valence-electron chi connectivity index (χ3n) is 3.95. The van der Waals surface area contributed by atoms with Crippen molar-refractivity contribution in [3.8, 4) is 5.75 Å². The SMILES string of the molecule is CNC1CCN(C(=O)COc2cc(C)ccc2C)CC1. The van der Waals surface area contributed by atoms with Crippen LogP contribution in [0.15, 0.2) is 18.2 Å². The number of amides is 1. The summed E-state index contributed by atoms with van der Waals surface area (Å²) in [7, 11) is 1.98. The maximum absolute atomic E-state index is 12.1. The van der Waals surface area contributed by atoms with Gasteiger partial charge < -0.3 is 15.0 Å². The lowest BCUT2D eigenvalue weighted by Gasteiger charge is -2.31. The quantitative estimate of drug-likeness (QED) is 0.913. The molecule has 1 amide bonds. The molecule has 0 aliphatic carbocycles. The molecule has 110 valence electrons. The van der Waals surface area contributed by atoms with E-state index in [1.54, 1.807) is 0 Å². The van der Waals surface area contributed by atoms with Crippen LogP contribution >= 0.6 is 0 Å². The average Bonchev–Trinajstić information content (AvgIpc) is 2.48. The molecule has 1 aliphatic rings. The maximum Gasteiger partial charge on any atom is 0.260 e. The Hall–Kier alpha value is -1.55. The minimum atomic E-state index is 0.0838. The van der Waals surface area contributed by atoms with Crippen LogP contribution in [0.3, 0.4) is 0 Å². The van der Waals surface area contributed by atoms with E-state index in [2.05, 4.69) is 5.32 Å². The van der Waals surface area contributed by atoms with E-state index in [0.29, 0.717) is 6.04 Å². The standard InChI is InChI=1S/C16H24N2O2/c1-12-4-5-13(2)15(10-12)20-11-16(19)18-8-6-14(17-3)7-9-18/h4-5,10,14,17H,6-9,11H2,1-3H3. The second-order valence-electron chi connectivity index (χ2n) is 5.50. The molecule has 1 N–H and O–H groups in total. The summed E-state index contributed by atoms with van der Waals surface area (Å²) in [5.41, 5.74) is 2.21. The lowest BCUT2D eigenvalue weighted by molar-refractivity contribution is -0.134. The van der Waals surface area contributed by atoms with Crippen LogP contribution in [-0.2, 0) is 4.79 Å². The molecular formula is C16H24N2O2. The summed E-state index contributed by atoms with van der Waals surface area (Å²) in [6.07, 6.45) is 2.04. The molecule has 1 heterocycles. The molecule has 1 saturated heterocycles. The Morgan fingerprint density at radius 2 is 2.05 bits per heavy atom. The average molecular weight is 276 g/mol. The number of piperidine rings is 1. The minimum Gasteiger partial charge on any atom is -0.483 e. The summed E-state index contributed by atoms with van der Waals surface area (Å²) in [6, 6.07) is 6.59. The van der Waals surface area contributed by atoms with E-state index in [-0.39, 0.29) is 12.5 Å². The van der Waals surface area contributed by atoms with Crippen LogP contribution in [0.5, 0.6) is 5.75 Å². The second-order valence-corrected chi connectivity index (χ2v) is 5.50. The molecule has 0 saturated carbocycles. The third kappa shape index (κ3) is 3.73. The van der Waals surface area contributed by atoms with E-state index >= 15 is 0 Å². The number of carbonyl (C=O) groups is 1. The highest BCUT2D eigenvalue weighted by molar-refractivity contribution is 5.77. The lowest BCUT2D eigenvalue weighted by Crippen LogP contribution is -2.45. The van der Waals surface area contributed by atoms with Crippen molar-refractivity contribution in [2.24, 2.45) is 0 Å². The number of nitrogens with one attached hydrogen (secondary N) is 1. The summed E-state index contributed by atoms with van der Waals surface area (Å²) >= 11 is 0. The van der Waals surface area contributed by atoms with Crippen molar-refractivity contribution in [1.29, 1.82) is 0 Å². The molecule has 1 aromatic rings. The van der Waals surface area contributed by atoms with Gasteiger partial charge in [-0.15, -0.1) is 0 Å². The molecule has 0 aromatic heterocycles. The monoisotopic (exact) mass is 276 g/mol. The molecule has 0 atom stereocenters. The summed E-state index contributed by atoms with van der Waals surface area (Å²) < 4.78 is 5.68. The zero-order valence-electron chi connectivity index (χ0n) is 12.6. The van der Waals surface area contributed by atoms with Gasteiger partial charge >= 0.3 is 0 Å². The first-order valence-corrected chi connectivity index (χ1v) is 7.25. The Morgan fingerprint density at radius 1 is 1.35 bits per heavy atom.